The molecule has 5 aromatic heterocycles. The summed E-state index contributed by atoms with van der Waals surface area (Å²) in [6.45, 7) is 2.07. The van der Waals surface area contributed by atoms with Crippen LogP contribution in [0.15, 0.2) is 66.3 Å². The van der Waals surface area contributed by atoms with Crippen LogP contribution >= 0.6 is 22.7 Å². The molecule has 7 nitrogen and oxygen atoms in total. The molecule has 7 heterocycles. The van der Waals surface area contributed by atoms with Gasteiger partial charge in [0.1, 0.15) is 26.4 Å². The number of hydrogen-bond acceptors (Lipinski definition) is 9. The van der Waals surface area contributed by atoms with Crippen molar-refractivity contribution in [2.45, 2.75) is 0 Å². The third-order valence-electron chi connectivity index (χ3n) is 5.85. The monoisotopic (exact) mass is 513 g/mol. The Labute approximate surface area is 215 Å². The summed E-state index contributed by atoms with van der Waals surface area (Å²) < 4.78 is 24.1. The smallest absolute Gasteiger partial charge is 0.181 e. The second-order valence-corrected chi connectivity index (χ2v) is 10.0. The standard InChI is InChI=1S/C27H19N3O4S2/c1-3-7-28-17(5-1)19-13-16(14-20(30-19)18-6-2-4-8-29-18)25-23-24(34-12-11-33-23)27(36-25)26-22-21(15-35-26)31-9-10-32-22/h1-8,13-15H,9-12H2. The van der Waals surface area contributed by atoms with Gasteiger partial charge in [-0.3, -0.25) is 9.97 Å². The van der Waals surface area contributed by atoms with Crippen molar-refractivity contribution < 1.29 is 18.9 Å². The van der Waals surface area contributed by atoms with Crippen molar-refractivity contribution in [2.75, 3.05) is 26.4 Å². The van der Waals surface area contributed by atoms with Gasteiger partial charge in [-0.25, -0.2) is 4.98 Å². The minimum atomic E-state index is 0.490. The molecule has 0 N–H and O–H groups in total. The predicted molar refractivity (Wildman–Crippen MR) is 139 cm³/mol. The summed E-state index contributed by atoms with van der Waals surface area (Å²) in [6, 6.07) is 15.7. The molecule has 0 atom stereocenters. The van der Waals surface area contributed by atoms with Crippen molar-refractivity contribution in [2.24, 2.45) is 0 Å². The van der Waals surface area contributed by atoms with Gasteiger partial charge in [-0.05, 0) is 36.4 Å². The molecule has 0 fully saturated rings. The number of thiophene rings is 2. The number of hydrogen-bond donors (Lipinski definition) is 0. The number of pyridine rings is 3. The van der Waals surface area contributed by atoms with Crippen molar-refractivity contribution >= 4 is 22.7 Å². The van der Waals surface area contributed by atoms with Crippen molar-refractivity contribution in [3.8, 4) is 66.0 Å². The van der Waals surface area contributed by atoms with Gasteiger partial charge in [0.25, 0.3) is 0 Å². The Hall–Kier alpha value is -3.95. The highest BCUT2D eigenvalue weighted by molar-refractivity contribution is 7.24. The molecule has 0 bridgehead atoms. The lowest BCUT2D eigenvalue weighted by atomic mass is 10.1. The van der Waals surface area contributed by atoms with Crippen LogP contribution in [-0.4, -0.2) is 41.4 Å². The summed E-state index contributed by atoms with van der Waals surface area (Å²) in [6.07, 6.45) is 3.54. The maximum absolute atomic E-state index is 6.19. The fourth-order valence-corrected chi connectivity index (χ4v) is 6.51. The van der Waals surface area contributed by atoms with Gasteiger partial charge in [0.15, 0.2) is 23.0 Å². The van der Waals surface area contributed by atoms with E-state index in [0.29, 0.717) is 26.4 Å². The summed E-state index contributed by atoms with van der Waals surface area (Å²) in [7, 11) is 0. The molecule has 5 aromatic rings. The normalized spacial score (nSPS) is 14.0. The molecule has 0 aromatic carbocycles. The predicted octanol–water partition coefficient (Wildman–Crippen LogP) is 6.21. The molecule has 0 saturated heterocycles. The summed E-state index contributed by atoms with van der Waals surface area (Å²) in [4.78, 5) is 16.9. The van der Waals surface area contributed by atoms with Crippen molar-refractivity contribution in [1.82, 2.24) is 15.0 Å². The van der Waals surface area contributed by atoms with E-state index in [-0.39, 0.29) is 0 Å². The van der Waals surface area contributed by atoms with E-state index in [9.17, 15) is 0 Å². The van der Waals surface area contributed by atoms with E-state index >= 15 is 0 Å². The molecular formula is C27H19N3O4S2. The number of rotatable bonds is 4. The maximum Gasteiger partial charge on any atom is 0.181 e. The first kappa shape index (κ1) is 21.3. The molecule has 2 aliphatic rings. The Bertz CT molecular complexity index is 1490. The fraction of sp³-hybridized carbons (Fsp3) is 0.148. The molecule has 9 heteroatoms. The Morgan fingerprint density at radius 3 is 1.86 bits per heavy atom. The van der Waals surface area contributed by atoms with Crippen molar-refractivity contribution in [1.29, 1.82) is 0 Å². The van der Waals surface area contributed by atoms with Gasteiger partial charge >= 0.3 is 0 Å². The molecule has 0 amide bonds. The second-order valence-electron chi connectivity index (χ2n) is 8.13. The lowest BCUT2D eigenvalue weighted by molar-refractivity contribution is 0.172. The van der Waals surface area contributed by atoms with Crippen LogP contribution in [0.1, 0.15) is 0 Å². The van der Waals surface area contributed by atoms with Crippen LogP contribution in [0.25, 0.3) is 43.0 Å². The van der Waals surface area contributed by atoms with Crippen LogP contribution in [0.2, 0.25) is 0 Å². The highest BCUT2D eigenvalue weighted by atomic mass is 32.1. The van der Waals surface area contributed by atoms with E-state index in [2.05, 4.69) is 9.97 Å². The van der Waals surface area contributed by atoms with Crippen molar-refractivity contribution in [3.05, 3.63) is 66.3 Å². The van der Waals surface area contributed by atoms with E-state index in [4.69, 9.17) is 23.9 Å². The Balaban J connectivity index is 1.43. The third kappa shape index (κ3) is 3.68. The maximum atomic E-state index is 6.19. The lowest BCUT2D eigenvalue weighted by Gasteiger charge is -2.18. The van der Waals surface area contributed by atoms with Gasteiger partial charge in [-0.1, -0.05) is 12.1 Å². The minimum Gasteiger partial charge on any atom is -0.485 e. The molecule has 7 rings (SSSR count). The van der Waals surface area contributed by atoms with E-state index < -0.39 is 0 Å². The lowest BCUT2D eigenvalue weighted by Crippen LogP contribution is -2.15. The number of nitrogens with zero attached hydrogens (tertiary/aromatic N) is 3. The second kappa shape index (κ2) is 8.92. The first-order valence-electron chi connectivity index (χ1n) is 11.5. The highest BCUT2D eigenvalue weighted by Crippen LogP contribution is 2.58. The highest BCUT2D eigenvalue weighted by Gasteiger charge is 2.31. The molecule has 0 spiro atoms. The molecular weight excluding hydrogens is 494 g/mol. The molecule has 2 aliphatic heterocycles. The zero-order valence-electron chi connectivity index (χ0n) is 19.0. The van der Waals surface area contributed by atoms with E-state index in [0.717, 1.165) is 66.0 Å². The Morgan fingerprint density at radius 2 is 1.22 bits per heavy atom. The molecule has 0 unspecified atom stereocenters. The van der Waals surface area contributed by atoms with E-state index in [1.54, 1.807) is 35.1 Å². The number of aromatic nitrogens is 3. The van der Waals surface area contributed by atoms with E-state index in [1.807, 2.05) is 53.9 Å². The van der Waals surface area contributed by atoms with Crippen LogP contribution in [0.4, 0.5) is 0 Å². The van der Waals surface area contributed by atoms with Gasteiger partial charge in [-0.2, -0.15) is 0 Å². The van der Waals surface area contributed by atoms with Gasteiger partial charge in [0.05, 0.1) is 37.4 Å². The summed E-state index contributed by atoms with van der Waals surface area (Å²) in [5.74, 6) is 3.04. The average molecular weight is 514 g/mol. The third-order valence-corrected chi connectivity index (χ3v) is 8.15. The summed E-state index contributed by atoms with van der Waals surface area (Å²) >= 11 is 3.22. The van der Waals surface area contributed by atoms with Crippen LogP contribution in [0.5, 0.6) is 23.0 Å². The van der Waals surface area contributed by atoms with Crippen LogP contribution in [0, 0.1) is 0 Å². The number of fused-ring (bicyclic) bond motifs is 2. The molecule has 0 aliphatic carbocycles. The first-order valence-corrected chi connectivity index (χ1v) is 13.2. The van der Waals surface area contributed by atoms with Gasteiger partial charge in [-0.15, -0.1) is 22.7 Å². The Morgan fingerprint density at radius 1 is 0.611 bits per heavy atom. The minimum absolute atomic E-state index is 0.490. The molecule has 36 heavy (non-hydrogen) atoms. The SMILES string of the molecule is c1ccc(-c2cc(-c3sc(-c4scc5c4OCCO5)c4c3OCCO4)cc(-c3ccccn3)n2)nc1. The zero-order chi connectivity index (χ0) is 23.9. The van der Waals surface area contributed by atoms with Crippen LogP contribution in [-0.2, 0) is 0 Å². The number of ether oxygens (including phenoxy) is 4. The quantitative estimate of drug-likeness (QED) is 0.283. The fourth-order valence-electron chi connectivity index (χ4n) is 4.26. The van der Waals surface area contributed by atoms with Gasteiger partial charge in [0, 0.05) is 23.3 Å². The van der Waals surface area contributed by atoms with Gasteiger partial charge in [0.2, 0.25) is 0 Å². The molecule has 0 saturated carbocycles. The van der Waals surface area contributed by atoms with Crippen molar-refractivity contribution in [3.63, 3.8) is 0 Å². The van der Waals surface area contributed by atoms with Crippen LogP contribution < -0.4 is 18.9 Å². The molecule has 178 valence electrons. The molecule has 0 radical (unpaired) electrons. The zero-order valence-corrected chi connectivity index (χ0v) is 20.6. The van der Waals surface area contributed by atoms with Gasteiger partial charge < -0.3 is 18.9 Å². The average Bonchev–Trinajstić information content (AvgIpc) is 3.55. The summed E-state index contributed by atoms with van der Waals surface area (Å²) in [5, 5.41) is 1.99. The first-order chi connectivity index (χ1) is 17.8. The largest absolute Gasteiger partial charge is 0.485 e. The summed E-state index contributed by atoms with van der Waals surface area (Å²) in [5.41, 5.74) is 4.07. The topological polar surface area (TPSA) is 75.6 Å². The van der Waals surface area contributed by atoms with E-state index in [1.165, 1.54) is 0 Å². The van der Waals surface area contributed by atoms with Crippen LogP contribution in [0.3, 0.4) is 0 Å². The Kier molecular flexibility index (Phi) is 5.29.